The van der Waals surface area contributed by atoms with Crippen molar-refractivity contribution >= 4 is 14.4 Å². The maximum atomic E-state index is 2.36. The molecule has 2 heteroatoms. The molecular weight excluding hydrogens is 290 g/mol. The van der Waals surface area contributed by atoms with E-state index in [-0.39, 0.29) is 19.8 Å². The summed E-state index contributed by atoms with van der Waals surface area (Å²) in [5.41, 5.74) is 0.277. The first-order valence-corrected chi connectivity index (χ1v) is 10.8. The average molecular weight is 312 g/mol. The molecule has 0 amide bonds. The number of hydrogen-bond acceptors (Lipinski definition) is 0. The van der Waals surface area contributed by atoms with Crippen LogP contribution in [0.4, 0.5) is 0 Å². The van der Waals surface area contributed by atoms with Gasteiger partial charge in [0.25, 0.3) is 0 Å². The van der Waals surface area contributed by atoms with E-state index in [4.69, 9.17) is 0 Å². The van der Waals surface area contributed by atoms with E-state index in [0.717, 1.165) is 0 Å². The van der Waals surface area contributed by atoms with Gasteiger partial charge < -0.3 is 0 Å². The van der Waals surface area contributed by atoms with E-state index in [9.17, 15) is 0 Å². The lowest BCUT2D eigenvalue weighted by atomic mass is 9.94. The van der Waals surface area contributed by atoms with Gasteiger partial charge in [0.05, 0.1) is 0 Å². The van der Waals surface area contributed by atoms with Gasteiger partial charge in [-0.2, -0.15) is 0 Å². The van der Waals surface area contributed by atoms with Crippen molar-refractivity contribution in [2.75, 3.05) is 0 Å². The summed E-state index contributed by atoms with van der Waals surface area (Å²) < 4.78 is 0. The molecule has 0 fully saturated rings. The molecule has 0 nitrogen and oxygen atoms in total. The molecular formula is C19H22P2. The van der Waals surface area contributed by atoms with Crippen LogP contribution >= 0.6 is 14.4 Å². The fraction of sp³-hybridized carbons (Fsp3) is 0.263. The predicted octanol–water partition coefficient (Wildman–Crippen LogP) is 7.24. The van der Waals surface area contributed by atoms with Gasteiger partial charge in [0.1, 0.15) is 0 Å². The van der Waals surface area contributed by atoms with Crippen molar-refractivity contribution in [2.24, 2.45) is 0 Å². The van der Waals surface area contributed by atoms with E-state index in [1.54, 1.807) is 10.6 Å². The Bertz CT molecular complexity index is 725. The maximum Gasteiger partial charge on any atom is 0.00207 e. The molecule has 0 bridgehead atoms. The zero-order valence-corrected chi connectivity index (χ0v) is 15.0. The van der Waals surface area contributed by atoms with Crippen molar-refractivity contribution in [3.05, 3.63) is 71.3 Å². The van der Waals surface area contributed by atoms with E-state index >= 15 is 0 Å². The fourth-order valence-electron chi connectivity index (χ4n) is 3.01. The van der Waals surface area contributed by atoms with Crippen LogP contribution in [0.3, 0.4) is 0 Å². The van der Waals surface area contributed by atoms with Gasteiger partial charge in [-0.3, -0.25) is 0 Å². The van der Waals surface area contributed by atoms with Crippen LogP contribution in [0.25, 0.3) is 10.6 Å². The molecule has 2 aromatic carbocycles. The third-order valence-electron chi connectivity index (χ3n) is 3.78. The van der Waals surface area contributed by atoms with Crippen molar-refractivity contribution in [1.82, 2.24) is 0 Å². The summed E-state index contributed by atoms with van der Waals surface area (Å²) in [4.78, 5) is 0. The second kappa shape index (κ2) is 5.53. The first-order valence-electron chi connectivity index (χ1n) is 7.42. The summed E-state index contributed by atoms with van der Waals surface area (Å²) in [6, 6.07) is 22.2. The van der Waals surface area contributed by atoms with Crippen LogP contribution in [0.5, 0.6) is 0 Å². The third-order valence-corrected chi connectivity index (χ3v) is 12.3. The Morgan fingerprint density at radius 2 is 1.10 bits per heavy atom. The molecule has 21 heavy (non-hydrogen) atoms. The molecule has 0 radical (unpaired) electrons. The second-order valence-corrected chi connectivity index (χ2v) is 12.3. The van der Waals surface area contributed by atoms with Gasteiger partial charge in [0.15, 0.2) is 0 Å². The topological polar surface area (TPSA) is 0 Å². The van der Waals surface area contributed by atoms with Crippen LogP contribution in [0.2, 0.25) is 0 Å². The highest BCUT2D eigenvalue weighted by Gasteiger charge is 2.30. The van der Waals surface area contributed by atoms with Crippen molar-refractivity contribution in [3.8, 4) is 10.6 Å². The van der Waals surface area contributed by atoms with Crippen LogP contribution in [0, 0.1) is 6.92 Å². The Morgan fingerprint density at radius 3 is 1.52 bits per heavy atom. The highest BCUT2D eigenvalue weighted by molar-refractivity contribution is 8.17. The highest BCUT2D eigenvalue weighted by atomic mass is 31.9. The number of hydrogen-bond donors (Lipinski definition) is 0. The first kappa shape index (κ1) is 14.7. The Balaban J connectivity index is 2.24. The van der Waals surface area contributed by atoms with Gasteiger partial charge in [-0.15, -0.1) is 0 Å². The average Bonchev–Trinajstić information content (AvgIpc) is 2.45. The molecule has 3 aromatic rings. The quantitative estimate of drug-likeness (QED) is 0.467. The molecule has 1 heterocycles. The lowest BCUT2D eigenvalue weighted by molar-refractivity contribution is 0.600. The zero-order valence-electron chi connectivity index (χ0n) is 13.2. The Labute approximate surface area is 129 Å². The minimum absolute atomic E-state index is 0.153. The van der Waals surface area contributed by atoms with Gasteiger partial charge in [-0.25, -0.2) is 0 Å². The molecule has 0 saturated heterocycles. The minimum atomic E-state index is -0.179. The zero-order chi connectivity index (χ0) is 15.0. The Morgan fingerprint density at radius 1 is 0.667 bits per heavy atom. The standard InChI is InChI=1S/C19H22P2/c1-15-18(19(2,3)4)21(17-13-9-6-10-14-17)20(15)16-11-7-5-8-12-16/h5-14H,1-4H3. The van der Waals surface area contributed by atoms with Crippen LogP contribution in [0.1, 0.15) is 31.4 Å². The normalized spacial score (nSPS) is 13.5. The van der Waals surface area contributed by atoms with Crippen LogP contribution < -0.4 is 0 Å². The molecule has 0 N–H and O–H groups in total. The molecule has 0 spiro atoms. The molecule has 0 saturated carbocycles. The predicted molar refractivity (Wildman–Crippen MR) is 98.0 cm³/mol. The largest absolute Gasteiger partial charge is 0.0645 e. The molecule has 2 unspecified atom stereocenters. The molecule has 0 aliphatic heterocycles. The van der Waals surface area contributed by atoms with Gasteiger partial charge >= 0.3 is 0 Å². The fourth-order valence-corrected chi connectivity index (χ4v) is 12.3. The summed E-state index contributed by atoms with van der Waals surface area (Å²) in [5.74, 6) is 0. The van der Waals surface area contributed by atoms with E-state index < -0.39 is 0 Å². The molecule has 0 aliphatic rings. The van der Waals surface area contributed by atoms with Crippen LogP contribution in [0.15, 0.2) is 60.7 Å². The summed E-state index contributed by atoms with van der Waals surface area (Å²) in [7, 11) is -0.332. The lowest BCUT2D eigenvalue weighted by Crippen LogP contribution is -2.13. The number of rotatable bonds is 2. The van der Waals surface area contributed by atoms with Gasteiger partial charge in [0, 0.05) is 10.6 Å². The van der Waals surface area contributed by atoms with Crippen molar-refractivity contribution in [2.45, 2.75) is 33.1 Å². The summed E-state index contributed by atoms with van der Waals surface area (Å²) in [5, 5.41) is 6.43. The Hall–Kier alpha value is -1.22. The van der Waals surface area contributed by atoms with Crippen LogP contribution in [-0.4, -0.2) is 0 Å². The van der Waals surface area contributed by atoms with E-state index in [1.807, 2.05) is 0 Å². The SMILES string of the molecule is Cc1c(C(C)(C)C)p(-c2ccccc2)p1-c1ccccc1. The summed E-state index contributed by atoms with van der Waals surface area (Å²) in [6.07, 6.45) is 0. The molecule has 2 atom stereocenters. The van der Waals surface area contributed by atoms with Crippen molar-refractivity contribution < 1.29 is 0 Å². The third kappa shape index (κ3) is 2.64. The molecule has 1 aromatic heterocycles. The molecule has 3 rings (SSSR count). The summed E-state index contributed by atoms with van der Waals surface area (Å²) in [6.45, 7) is 9.45. The van der Waals surface area contributed by atoms with Crippen molar-refractivity contribution in [1.29, 1.82) is 0 Å². The van der Waals surface area contributed by atoms with E-state index in [1.165, 1.54) is 10.6 Å². The highest BCUT2D eigenvalue weighted by Crippen LogP contribution is 2.74. The van der Waals surface area contributed by atoms with Crippen molar-refractivity contribution in [3.63, 3.8) is 0 Å². The monoisotopic (exact) mass is 312 g/mol. The smallest absolute Gasteiger partial charge is 0.00207 e. The van der Waals surface area contributed by atoms with Gasteiger partial charge in [-0.05, 0) is 22.9 Å². The number of benzene rings is 2. The first-order chi connectivity index (χ1) is 10.00. The van der Waals surface area contributed by atoms with E-state index in [2.05, 4.69) is 88.4 Å². The molecule has 0 aliphatic carbocycles. The van der Waals surface area contributed by atoms with Gasteiger partial charge in [-0.1, -0.05) is 95.9 Å². The molecule has 108 valence electrons. The van der Waals surface area contributed by atoms with Crippen LogP contribution in [-0.2, 0) is 5.41 Å². The summed E-state index contributed by atoms with van der Waals surface area (Å²) >= 11 is 0. The Kier molecular flexibility index (Phi) is 3.87. The van der Waals surface area contributed by atoms with Gasteiger partial charge in [0.2, 0.25) is 0 Å². The minimum Gasteiger partial charge on any atom is -0.0645 e. The second-order valence-electron chi connectivity index (χ2n) is 6.48. The lowest BCUT2D eigenvalue weighted by Gasteiger charge is -2.34. The maximum absolute atomic E-state index is 2.36. The van der Waals surface area contributed by atoms with E-state index in [0.29, 0.717) is 0 Å².